The lowest BCUT2D eigenvalue weighted by atomic mass is 10.2. The van der Waals surface area contributed by atoms with Crippen molar-refractivity contribution in [3.8, 4) is 17.2 Å². The van der Waals surface area contributed by atoms with Gasteiger partial charge in [-0.25, -0.2) is 4.79 Å². The van der Waals surface area contributed by atoms with Gasteiger partial charge in [0.15, 0.2) is 0 Å². The molecule has 128 valence electrons. The molecule has 0 radical (unpaired) electrons. The zero-order chi connectivity index (χ0) is 17.4. The Morgan fingerprint density at radius 2 is 1.83 bits per heavy atom. The molecule has 0 aliphatic rings. The normalized spacial score (nSPS) is 9.96. The first-order chi connectivity index (χ1) is 11.7. The molecule has 0 aliphatic heterocycles. The fourth-order valence-corrected chi connectivity index (χ4v) is 2.20. The van der Waals surface area contributed by atoms with Crippen molar-refractivity contribution in [2.24, 2.45) is 0 Å². The second-order valence-corrected chi connectivity index (χ2v) is 4.91. The lowest BCUT2D eigenvalue weighted by molar-refractivity contribution is 0.251. The molecule has 24 heavy (non-hydrogen) atoms. The summed E-state index contributed by atoms with van der Waals surface area (Å²) in [6.45, 7) is 2.85. The van der Waals surface area contributed by atoms with Crippen LogP contribution in [0.3, 0.4) is 0 Å². The van der Waals surface area contributed by atoms with E-state index in [0.717, 1.165) is 11.3 Å². The molecule has 0 bridgehead atoms. The lowest BCUT2D eigenvalue weighted by Crippen LogP contribution is -2.28. The van der Waals surface area contributed by atoms with Gasteiger partial charge in [-0.15, -0.1) is 0 Å². The quantitative estimate of drug-likeness (QED) is 0.816. The molecule has 0 aliphatic carbocycles. The summed E-state index contributed by atoms with van der Waals surface area (Å²) in [7, 11) is 3.11. The van der Waals surface area contributed by atoms with Crippen LogP contribution in [0.5, 0.6) is 17.2 Å². The van der Waals surface area contributed by atoms with Crippen LogP contribution >= 0.6 is 0 Å². The molecule has 2 N–H and O–H groups in total. The molecule has 0 saturated carbocycles. The van der Waals surface area contributed by atoms with Crippen molar-refractivity contribution < 1.29 is 19.0 Å². The Labute approximate surface area is 141 Å². The Balaban J connectivity index is 2.01. The van der Waals surface area contributed by atoms with Crippen LogP contribution in [0.15, 0.2) is 42.5 Å². The number of ether oxygens (including phenoxy) is 3. The Morgan fingerprint density at radius 1 is 1.04 bits per heavy atom. The number of rotatable bonds is 7. The molecule has 0 aromatic heterocycles. The van der Waals surface area contributed by atoms with E-state index in [4.69, 9.17) is 14.2 Å². The van der Waals surface area contributed by atoms with Crippen molar-refractivity contribution in [3.05, 3.63) is 48.0 Å². The largest absolute Gasteiger partial charge is 0.497 e. The van der Waals surface area contributed by atoms with Gasteiger partial charge < -0.3 is 24.8 Å². The number of hydrogen-bond donors (Lipinski definition) is 2. The summed E-state index contributed by atoms with van der Waals surface area (Å²) in [5.74, 6) is 1.95. The monoisotopic (exact) mass is 330 g/mol. The molecule has 0 heterocycles. The zero-order valence-corrected chi connectivity index (χ0v) is 14.1. The molecule has 0 unspecified atom stereocenters. The Kier molecular flexibility index (Phi) is 6.31. The highest BCUT2D eigenvalue weighted by atomic mass is 16.5. The van der Waals surface area contributed by atoms with Crippen LogP contribution in [0, 0.1) is 0 Å². The molecule has 0 atom stereocenters. The van der Waals surface area contributed by atoms with Crippen molar-refractivity contribution in [2.75, 3.05) is 26.1 Å². The number of urea groups is 1. The molecular formula is C18H22N2O4. The average Bonchev–Trinajstić information content (AvgIpc) is 2.61. The fourth-order valence-electron chi connectivity index (χ4n) is 2.20. The summed E-state index contributed by atoms with van der Waals surface area (Å²) >= 11 is 0. The minimum Gasteiger partial charge on any atom is -0.497 e. The second-order valence-electron chi connectivity index (χ2n) is 4.91. The highest BCUT2D eigenvalue weighted by Gasteiger charge is 2.10. The van der Waals surface area contributed by atoms with Crippen LogP contribution < -0.4 is 24.8 Å². The van der Waals surface area contributed by atoms with E-state index in [2.05, 4.69) is 10.6 Å². The number of hydrogen-bond acceptors (Lipinski definition) is 4. The number of carbonyl (C=O) groups excluding carboxylic acids is 1. The highest BCUT2D eigenvalue weighted by molar-refractivity contribution is 5.91. The van der Waals surface area contributed by atoms with Gasteiger partial charge >= 0.3 is 6.03 Å². The number of nitrogens with one attached hydrogen (secondary N) is 2. The van der Waals surface area contributed by atoms with Crippen LogP contribution in [0.2, 0.25) is 0 Å². The number of para-hydroxylation sites is 1. The van der Waals surface area contributed by atoms with Crippen LogP contribution in [-0.2, 0) is 6.54 Å². The Morgan fingerprint density at radius 3 is 2.54 bits per heavy atom. The van der Waals surface area contributed by atoms with Gasteiger partial charge in [0.2, 0.25) is 0 Å². The van der Waals surface area contributed by atoms with Gasteiger partial charge in [-0.1, -0.05) is 18.2 Å². The first kappa shape index (κ1) is 17.5. The van der Waals surface area contributed by atoms with E-state index in [1.165, 1.54) is 0 Å². The lowest BCUT2D eigenvalue weighted by Gasteiger charge is -2.14. The van der Waals surface area contributed by atoms with Crippen LogP contribution in [0.25, 0.3) is 0 Å². The van der Waals surface area contributed by atoms with Crippen LogP contribution in [0.4, 0.5) is 10.5 Å². The maximum absolute atomic E-state index is 12.2. The van der Waals surface area contributed by atoms with Gasteiger partial charge in [-0.3, -0.25) is 0 Å². The first-order valence-corrected chi connectivity index (χ1v) is 7.65. The summed E-state index contributed by atoms with van der Waals surface area (Å²) in [5.41, 5.74) is 1.44. The van der Waals surface area contributed by atoms with Gasteiger partial charge in [0.25, 0.3) is 0 Å². The third-order valence-corrected chi connectivity index (χ3v) is 3.37. The van der Waals surface area contributed by atoms with Crippen molar-refractivity contribution >= 4 is 11.7 Å². The number of carbonyl (C=O) groups is 1. The van der Waals surface area contributed by atoms with Gasteiger partial charge in [0.1, 0.15) is 17.2 Å². The molecule has 2 aromatic carbocycles. The summed E-state index contributed by atoms with van der Waals surface area (Å²) in [4.78, 5) is 12.2. The van der Waals surface area contributed by atoms with E-state index in [9.17, 15) is 4.79 Å². The van der Waals surface area contributed by atoms with Crippen molar-refractivity contribution in [1.29, 1.82) is 0 Å². The predicted molar refractivity (Wildman–Crippen MR) is 93.0 cm³/mol. The Bertz CT molecular complexity index is 688. The minimum absolute atomic E-state index is 0.340. The predicted octanol–water partition coefficient (Wildman–Crippen LogP) is 3.42. The third kappa shape index (κ3) is 4.55. The standard InChI is InChI=1S/C18H22N2O4/c1-4-24-16-8-6-5-7-13(16)12-19-18(21)20-15-11-14(22-2)9-10-17(15)23-3/h5-11H,4,12H2,1-3H3,(H2,19,20,21). The molecule has 2 amide bonds. The third-order valence-electron chi connectivity index (χ3n) is 3.37. The van der Waals surface area contributed by atoms with Gasteiger partial charge in [-0.05, 0) is 25.1 Å². The first-order valence-electron chi connectivity index (χ1n) is 7.65. The van der Waals surface area contributed by atoms with E-state index in [1.807, 2.05) is 31.2 Å². The molecule has 6 nitrogen and oxygen atoms in total. The number of methoxy groups -OCH3 is 2. The van der Waals surface area contributed by atoms with E-state index in [-0.39, 0.29) is 6.03 Å². The molecule has 0 spiro atoms. The van der Waals surface area contributed by atoms with E-state index >= 15 is 0 Å². The van der Waals surface area contributed by atoms with Crippen LogP contribution in [0.1, 0.15) is 12.5 Å². The average molecular weight is 330 g/mol. The van der Waals surface area contributed by atoms with Crippen molar-refractivity contribution in [1.82, 2.24) is 5.32 Å². The maximum Gasteiger partial charge on any atom is 0.319 e. The minimum atomic E-state index is -0.340. The maximum atomic E-state index is 12.2. The Hall–Kier alpha value is -2.89. The number of amides is 2. The molecular weight excluding hydrogens is 308 g/mol. The smallest absolute Gasteiger partial charge is 0.319 e. The molecule has 0 saturated heterocycles. The molecule has 6 heteroatoms. The zero-order valence-electron chi connectivity index (χ0n) is 14.1. The summed E-state index contributed by atoms with van der Waals surface area (Å²) in [6.07, 6.45) is 0. The summed E-state index contributed by atoms with van der Waals surface area (Å²) < 4.78 is 16.0. The molecule has 2 aromatic rings. The number of benzene rings is 2. The topological polar surface area (TPSA) is 68.8 Å². The van der Waals surface area contributed by atoms with Crippen molar-refractivity contribution in [2.45, 2.75) is 13.5 Å². The van der Waals surface area contributed by atoms with Gasteiger partial charge in [0, 0.05) is 18.2 Å². The van der Waals surface area contributed by atoms with E-state index in [1.54, 1.807) is 32.4 Å². The van der Waals surface area contributed by atoms with Crippen molar-refractivity contribution in [3.63, 3.8) is 0 Å². The summed E-state index contributed by atoms with van der Waals surface area (Å²) in [6, 6.07) is 12.5. The van der Waals surface area contributed by atoms with Gasteiger partial charge in [0.05, 0.1) is 26.5 Å². The van der Waals surface area contributed by atoms with Gasteiger partial charge in [-0.2, -0.15) is 0 Å². The molecule has 0 fully saturated rings. The second kappa shape index (κ2) is 8.67. The van der Waals surface area contributed by atoms with E-state index < -0.39 is 0 Å². The number of anilines is 1. The summed E-state index contributed by atoms with van der Waals surface area (Å²) in [5, 5.41) is 5.57. The van der Waals surface area contributed by atoms with E-state index in [0.29, 0.717) is 30.3 Å². The SMILES string of the molecule is CCOc1ccccc1CNC(=O)Nc1cc(OC)ccc1OC. The molecule has 2 rings (SSSR count). The fraction of sp³-hybridized carbons (Fsp3) is 0.278. The highest BCUT2D eigenvalue weighted by Crippen LogP contribution is 2.28. The van der Waals surface area contributed by atoms with Crippen LogP contribution in [-0.4, -0.2) is 26.9 Å².